The first kappa shape index (κ1) is 24.3. The molecule has 1 aromatic heterocycles. The number of amides is 1. The number of nitrogens with one attached hydrogen (secondary N) is 1. The predicted molar refractivity (Wildman–Crippen MR) is 133 cm³/mol. The van der Waals surface area contributed by atoms with Crippen LogP contribution in [0.3, 0.4) is 0 Å². The highest BCUT2D eigenvalue weighted by Crippen LogP contribution is 2.41. The third-order valence-electron chi connectivity index (χ3n) is 5.72. The quantitative estimate of drug-likeness (QED) is 0.474. The molecular weight excluding hydrogens is 470 g/mol. The van der Waals surface area contributed by atoms with Crippen molar-refractivity contribution in [2.45, 2.75) is 18.8 Å². The lowest BCUT2D eigenvalue weighted by Gasteiger charge is -2.24. The Morgan fingerprint density at radius 2 is 2.00 bits per heavy atom. The Morgan fingerprint density at radius 1 is 1.23 bits per heavy atom. The summed E-state index contributed by atoms with van der Waals surface area (Å²) in [5.41, 5.74) is 2.10. The Kier molecular flexibility index (Phi) is 7.41. The van der Waals surface area contributed by atoms with E-state index < -0.39 is 11.9 Å². The van der Waals surface area contributed by atoms with Crippen LogP contribution in [0.1, 0.15) is 33.8 Å². The van der Waals surface area contributed by atoms with E-state index in [0.29, 0.717) is 54.4 Å². The lowest BCUT2D eigenvalue weighted by molar-refractivity contribution is -0.139. The molecule has 1 unspecified atom stereocenters. The molecule has 182 valence electrons. The molecule has 0 spiro atoms. The molecule has 2 aromatic carbocycles. The summed E-state index contributed by atoms with van der Waals surface area (Å²) in [5.74, 6) is 0.411. The topological polar surface area (TPSA) is 101 Å². The van der Waals surface area contributed by atoms with Gasteiger partial charge in [-0.1, -0.05) is 17.7 Å². The molecule has 4 rings (SSSR count). The van der Waals surface area contributed by atoms with Crippen molar-refractivity contribution in [1.29, 1.82) is 0 Å². The zero-order chi connectivity index (χ0) is 24.9. The highest BCUT2D eigenvalue weighted by Gasteiger charge is 2.29. The van der Waals surface area contributed by atoms with Crippen LogP contribution in [0.5, 0.6) is 17.2 Å². The Balaban J connectivity index is 1.38. The summed E-state index contributed by atoms with van der Waals surface area (Å²) in [6, 6.07) is 13.8. The number of ether oxygens (including phenoxy) is 2. The molecule has 0 saturated carbocycles. The normalized spacial score (nSPS) is 14.4. The van der Waals surface area contributed by atoms with E-state index in [1.54, 1.807) is 42.6 Å². The fourth-order valence-electron chi connectivity index (χ4n) is 3.97. The number of carboxylic acids is 1. The summed E-state index contributed by atoms with van der Waals surface area (Å²) in [6.45, 7) is 0.789. The molecular formula is C26H26ClN3O5. The minimum atomic E-state index is -0.910. The SMILES string of the molecule is CN(C)c1ncccc1CCNC(=O)c1ccc(Oc2cc3c(cc2Cl)C(C(=O)O)CCO3)cc1. The number of carbonyl (C=O) groups is 2. The van der Waals surface area contributed by atoms with Gasteiger partial charge in [0.05, 0.1) is 17.5 Å². The summed E-state index contributed by atoms with van der Waals surface area (Å²) in [5, 5.41) is 12.6. The van der Waals surface area contributed by atoms with Crippen LogP contribution in [0.4, 0.5) is 5.82 Å². The zero-order valence-electron chi connectivity index (χ0n) is 19.5. The number of fused-ring (bicyclic) bond motifs is 1. The van der Waals surface area contributed by atoms with E-state index in [9.17, 15) is 14.7 Å². The highest BCUT2D eigenvalue weighted by molar-refractivity contribution is 6.32. The molecule has 3 aromatic rings. The maximum absolute atomic E-state index is 12.6. The molecule has 1 amide bonds. The minimum Gasteiger partial charge on any atom is -0.493 e. The van der Waals surface area contributed by atoms with Crippen LogP contribution in [0.25, 0.3) is 0 Å². The van der Waals surface area contributed by atoms with E-state index in [0.717, 1.165) is 11.4 Å². The Morgan fingerprint density at radius 3 is 2.71 bits per heavy atom. The molecule has 0 bridgehead atoms. The van der Waals surface area contributed by atoms with Crippen molar-refractivity contribution < 1.29 is 24.2 Å². The van der Waals surface area contributed by atoms with Gasteiger partial charge in [0.25, 0.3) is 5.91 Å². The highest BCUT2D eigenvalue weighted by atomic mass is 35.5. The lowest BCUT2D eigenvalue weighted by Crippen LogP contribution is -2.26. The number of anilines is 1. The first-order chi connectivity index (χ1) is 16.8. The smallest absolute Gasteiger partial charge is 0.311 e. The standard InChI is InChI=1S/C26H26ClN3O5/c1-30(2)24-16(4-3-11-28-24)9-12-29-25(31)17-5-7-18(8-6-17)35-23-15-22-20(14-21(23)27)19(26(32)33)10-13-34-22/h3-8,11,14-15,19H,9-10,12-13H2,1-2H3,(H,29,31)(H,32,33). The fraction of sp³-hybridized carbons (Fsp3) is 0.269. The monoisotopic (exact) mass is 495 g/mol. The van der Waals surface area contributed by atoms with Gasteiger partial charge in [0.1, 0.15) is 23.1 Å². The Hall–Kier alpha value is -3.78. The maximum Gasteiger partial charge on any atom is 0.311 e. The second-order valence-electron chi connectivity index (χ2n) is 8.36. The number of pyridine rings is 1. The number of carboxylic acid groups (broad SMARTS) is 1. The molecule has 1 atom stereocenters. The number of aromatic nitrogens is 1. The Labute approximate surface area is 208 Å². The van der Waals surface area contributed by atoms with E-state index in [4.69, 9.17) is 21.1 Å². The fourth-order valence-corrected chi connectivity index (χ4v) is 4.18. The van der Waals surface area contributed by atoms with Crippen molar-refractivity contribution in [2.24, 2.45) is 0 Å². The van der Waals surface area contributed by atoms with Crippen molar-refractivity contribution in [3.8, 4) is 17.2 Å². The van der Waals surface area contributed by atoms with E-state index in [-0.39, 0.29) is 10.9 Å². The van der Waals surface area contributed by atoms with Crippen LogP contribution in [0, 0.1) is 0 Å². The molecule has 1 aliphatic heterocycles. The molecule has 2 N–H and O–H groups in total. The molecule has 0 radical (unpaired) electrons. The van der Waals surface area contributed by atoms with E-state index >= 15 is 0 Å². The third kappa shape index (κ3) is 5.66. The van der Waals surface area contributed by atoms with Crippen molar-refractivity contribution in [3.63, 3.8) is 0 Å². The van der Waals surface area contributed by atoms with Crippen LogP contribution in [0.15, 0.2) is 54.7 Å². The number of halogens is 1. The number of hydrogen-bond acceptors (Lipinski definition) is 6. The molecule has 9 heteroatoms. The summed E-state index contributed by atoms with van der Waals surface area (Å²) < 4.78 is 11.5. The number of hydrogen-bond donors (Lipinski definition) is 2. The van der Waals surface area contributed by atoms with E-state index in [1.165, 1.54) is 0 Å². The van der Waals surface area contributed by atoms with Crippen molar-refractivity contribution in [2.75, 3.05) is 32.1 Å². The van der Waals surface area contributed by atoms with Gasteiger partial charge >= 0.3 is 5.97 Å². The number of nitrogens with zero attached hydrogens (tertiary/aromatic N) is 2. The largest absolute Gasteiger partial charge is 0.493 e. The van der Waals surface area contributed by atoms with Gasteiger partial charge in [-0.15, -0.1) is 0 Å². The van der Waals surface area contributed by atoms with Crippen LogP contribution in [0.2, 0.25) is 5.02 Å². The average molecular weight is 496 g/mol. The van der Waals surface area contributed by atoms with E-state index in [2.05, 4.69) is 10.3 Å². The van der Waals surface area contributed by atoms with Gasteiger partial charge in [-0.05, 0) is 54.8 Å². The summed E-state index contributed by atoms with van der Waals surface area (Å²) in [4.78, 5) is 30.4. The lowest BCUT2D eigenvalue weighted by atomic mass is 9.93. The van der Waals surface area contributed by atoms with Gasteiger partial charge in [0.2, 0.25) is 0 Å². The zero-order valence-corrected chi connectivity index (χ0v) is 20.2. The van der Waals surface area contributed by atoms with Crippen molar-refractivity contribution in [1.82, 2.24) is 10.3 Å². The second-order valence-corrected chi connectivity index (χ2v) is 8.77. The van der Waals surface area contributed by atoms with Crippen molar-refractivity contribution in [3.05, 3.63) is 76.4 Å². The molecule has 0 fully saturated rings. The molecule has 35 heavy (non-hydrogen) atoms. The molecule has 2 heterocycles. The van der Waals surface area contributed by atoms with Gasteiger partial charge < -0.3 is 24.8 Å². The van der Waals surface area contributed by atoms with Crippen LogP contribution in [-0.4, -0.2) is 49.2 Å². The second kappa shape index (κ2) is 10.7. The number of carbonyl (C=O) groups excluding carboxylic acids is 1. The first-order valence-electron chi connectivity index (χ1n) is 11.2. The van der Waals surface area contributed by atoms with Gasteiger partial charge in [0.15, 0.2) is 0 Å². The first-order valence-corrected chi connectivity index (χ1v) is 11.6. The van der Waals surface area contributed by atoms with Gasteiger partial charge in [0, 0.05) is 44.0 Å². The minimum absolute atomic E-state index is 0.188. The van der Waals surface area contributed by atoms with Crippen molar-refractivity contribution >= 4 is 29.3 Å². The summed E-state index contributed by atoms with van der Waals surface area (Å²) in [7, 11) is 3.87. The Bertz CT molecular complexity index is 1230. The summed E-state index contributed by atoms with van der Waals surface area (Å²) >= 11 is 6.36. The number of rotatable bonds is 8. The number of benzene rings is 2. The van der Waals surface area contributed by atoms with Crippen LogP contribution >= 0.6 is 11.6 Å². The molecule has 0 aliphatic carbocycles. The van der Waals surface area contributed by atoms with E-state index in [1.807, 2.05) is 31.1 Å². The maximum atomic E-state index is 12.6. The molecule has 0 saturated heterocycles. The number of aliphatic carboxylic acids is 1. The predicted octanol–water partition coefficient (Wildman–Crippen LogP) is 4.52. The molecule has 8 nitrogen and oxygen atoms in total. The van der Waals surface area contributed by atoms with Crippen LogP contribution < -0.4 is 19.7 Å². The third-order valence-corrected chi connectivity index (χ3v) is 6.01. The van der Waals surface area contributed by atoms with Gasteiger partial charge in [-0.3, -0.25) is 9.59 Å². The van der Waals surface area contributed by atoms with Crippen LogP contribution in [-0.2, 0) is 11.2 Å². The summed E-state index contributed by atoms with van der Waals surface area (Å²) in [6.07, 6.45) is 2.80. The van der Waals surface area contributed by atoms with Gasteiger partial charge in [-0.25, -0.2) is 4.98 Å². The average Bonchev–Trinajstić information content (AvgIpc) is 2.84. The van der Waals surface area contributed by atoms with Gasteiger partial charge in [-0.2, -0.15) is 0 Å². The molecule has 1 aliphatic rings.